The molecule has 7 N–H and O–H groups in total. The maximum absolute atomic E-state index is 12.5. The largest absolute Gasteiger partial charge is 0.570 e. The van der Waals surface area contributed by atoms with Gasteiger partial charge in [0, 0.05) is 37.4 Å². The van der Waals surface area contributed by atoms with E-state index in [2.05, 4.69) is 27.8 Å². The van der Waals surface area contributed by atoms with Crippen LogP contribution < -0.4 is 21.3 Å². The van der Waals surface area contributed by atoms with Gasteiger partial charge in [-0.25, -0.2) is 4.79 Å². The van der Waals surface area contributed by atoms with Crippen LogP contribution in [0.25, 0.3) is 0 Å². The molecular formula is C35H67N6O9PS+2. The number of hydrogen-bond acceptors (Lipinski definition) is 10. The number of thioether (sulfide) groups is 1. The number of nitrogens with one attached hydrogen (secondary N) is 4. The van der Waals surface area contributed by atoms with Crippen molar-refractivity contribution in [3.8, 4) is 0 Å². The smallest absolute Gasteiger partial charge is 0.387 e. The molecule has 2 rings (SSSR count). The van der Waals surface area contributed by atoms with Crippen molar-refractivity contribution < 1.29 is 47.6 Å². The van der Waals surface area contributed by atoms with E-state index in [1.165, 1.54) is 11.0 Å². The van der Waals surface area contributed by atoms with E-state index < -0.39 is 20.3 Å². The fraction of sp³-hybridized carbons (Fsp3) is 0.829. The first-order chi connectivity index (χ1) is 24.6. The van der Waals surface area contributed by atoms with Crippen molar-refractivity contribution in [3.63, 3.8) is 0 Å². The summed E-state index contributed by atoms with van der Waals surface area (Å²) in [6.45, 7) is 4.50. The van der Waals surface area contributed by atoms with Crippen LogP contribution in [-0.4, -0.2) is 144 Å². The topological polar surface area (TPSA) is 199 Å². The molecule has 2 heterocycles. The minimum absolute atomic E-state index is 0.0270. The summed E-state index contributed by atoms with van der Waals surface area (Å²) in [5, 5.41) is 22.2. The van der Waals surface area contributed by atoms with E-state index in [9.17, 15) is 34.1 Å². The lowest BCUT2D eigenvalue weighted by Crippen LogP contribution is -2.45. The first-order valence-corrected chi connectivity index (χ1v) is 21.4. The van der Waals surface area contributed by atoms with Crippen LogP contribution in [0, 0.1) is 0 Å². The summed E-state index contributed by atoms with van der Waals surface area (Å²) in [6.07, 6.45) is 12.4. The molecular weight excluding hydrogens is 711 g/mol. The van der Waals surface area contributed by atoms with Gasteiger partial charge in [0.1, 0.15) is 19.8 Å². The van der Waals surface area contributed by atoms with Gasteiger partial charge in [0.2, 0.25) is 17.7 Å². The van der Waals surface area contributed by atoms with Gasteiger partial charge < -0.3 is 35.8 Å². The van der Waals surface area contributed by atoms with Gasteiger partial charge in [-0.1, -0.05) is 57.4 Å². The Balaban J connectivity index is 1.42. The Morgan fingerprint density at radius 3 is 2.27 bits per heavy atom. The van der Waals surface area contributed by atoms with E-state index in [0.717, 1.165) is 76.4 Å². The quantitative estimate of drug-likeness (QED) is 0.0195. The fourth-order valence-corrected chi connectivity index (χ4v) is 8.30. The molecule has 0 aliphatic carbocycles. The van der Waals surface area contributed by atoms with E-state index in [1.807, 2.05) is 32.9 Å². The van der Waals surface area contributed by atoms with Crippen LogP contribution in [0.15, 0.2) is 12.7 Å². The van der Waals surface area contributed by atoms with Crippen molar-refractivity contribution in [1.82, 2.24) is 26.2 Å². The number of urea groups is 1. The number of likely N-dealkylation sites (N-methyl/N-ethyl adjacent to an activating group) is 2. The molecule has 2 aliphatic heterocycles. The number of unbranched alkanes of at least 4 members (excludes halogenated alkanes) is 9. The molecule has 300 valence electrons. The Kier molecular flexibility index (Phi) is 21.6. The predicted molar refractivity (Wildman–Crippen MR) is 205 cm³/mol. The highest BCUT2D eigenvalue weighted by Gasteiger charge is 2.43. The molecule has 0 bridgehead atoms. The Morgan fingerprint density at radius 1 is 0.981 bits per heavy atom. The zero-order valence-electron chi connectivity index (χ0n) is 31.9. The summed E-state index contributed by atoms with van der Waals surface area (Å²) >= 11 is 1.88. The van der Waals surface area contributed by atoms with Crippen LogP contribution in [-0.2, 0) is 23.4 Å². The molecule has 0 saturated carbocycles. The lowest BCUT2D eigenvalue weighted by molar-refractivity contribution is -0.870. The van der Waals surface area contributed by atoms with Crippen LogP contribution in [0.3, 0.4) is 0 Å². The molecule has 5 amide bonds. The average molecular weight is 779 g/mol. The van der Waals surface area contributed by atoms with Gasteiger partial charge in [-0.15, -0.1) is 11.1 Å². The molecule has 52 heavy (non-hydrogen) atoms. The van der Waals surface area contributed by atoms with Crippen LogP contribution in [0.1, 0.15) is 89.9 Å². The number of nitrogens with zero attached hydrogens (tertiary/aromatic N) is 2. The minimum Gasteiger partial charge on any atom is -0.387 e. The third-order valence-corrected chi connectivity index (χ3v) is 11.7. The first-order valence-electron chi connectivity index (χ1n) is 18.8. The maximum atomic E-state index is 12.5. The predicted octanol–water partition coefficient (Wildman–Crippen LogP) is 2.62. The lowest BCUT2D eigenvalue weighted by atomic mass is 10.0. The normalized spacial score (nSPS) is 19.7. The highest BCUT2D eigenvalue weighted by Crippen LogP contribution is 2.52. The standard InChI is InChI=1S/C35H65N6O9PS/c1-6-29(42)27(25-50-51(47,48)49-23-22-41(3,4)5)37-31(43)19-14-12-10-8-7-9-11-13-17-21-36-32(44)24-40(2)33(45)20-16-15-18-30-34-28(26-52-30)38-35(46)39-34/h6,27-30,34,42,47-48H,1,7-26H2,2-5H3,(H2-2,36,37,38,39,43,44,46)/p+2/t27?,28-,29-,30+,34-/m1/s1. The number of quaternary nitrogens is 1. The maximum Gasteiger partial charge on any atom is 0.570 e. The average Bonchev–Trinajstić information content (AvgIpc) is 3.63. The van der Waals surface area contributed by atoms with Gasteiger partial charge in [-0.2, -0.15) is 26.1 Å². The highest BCUT2D eigenvalue weighted by atomic mass is 32.2. The van der Waals surface area contributed by atoms with Crippen molar-refractivity contribution in [2.75, 3.05) is 66.8 Å². The number of aliphatic hydroxyl groups is 1. The van der Waals surface area contributed by atoms with Crippen LogP contribution in [0.4, 0.5) is 4.79 Å². The summed E-state index contributed by atoms with van der Waals surface area (Å²) < 4.78 is 10.8. The number of carbonyl (C=O) groups is 4. The molecule has 0 aromatic carbocycles. The number of hydrogen-bond donors (Lipinski definition) is 7. The van der Waals surface area contributed by atoms with Gasteiger partial charge in [0.05, 0.1) is 51.9 Å². The Hall–Kier alpha value is -2.04. The van der Waals surface area contributed by atoms with E-state index in [0.29, 0.717) is 35.7 Å². The Morgan fingerprint density at radius 2 is 1.62 bits per heavy atom. The van der Waals surface area contributed by atoms with Crippen LogP contribution in [0.5, 0.6) is 0 Å². The van der Waals surface area contributed by atoms with E-state index in [-0.39, 0.29) is 62.0 Å². The molecule has 0 aromatic rings. The highest BCUT2D eigenvalue weighted by molar-refractivity contribution is 8.00. The van der Waals surface area contributed by atoms with Crippen molar-refractivity contribution in [1.29, 1.82) is 0 Å². The molecule has 2 aliphatic rings. The summed E-state index contributed by atoms with van der Waals surface area (Å²) in [5.41, 5.74) is 0. The molecule has 17 heteroatoms. The van der Waals surface area contributed by atoms with Gasteiger partial charge in [0.25, 0.3) is 0 Å². The molecule has 0 aromatic heterocycles. The van der Waals surface area contributed by atoms with Gasteiger partial charge in [0.15, 0.2) is 0 Å². The third kappa shape index (κ3) is 19.9. The van der Waals surface area contributed by atoms with Crippen molar-refractivity contribution >= 4 is 43.7 Å². The number of amides is 5. The molecule has 0 spiro atoms. The molecule has 5 atom stereocenters. The number of carbonyl (C=O) groups excluding carboxylic acids is 4. The number of rotatable bonds is 29. The molecule has 0 radical (unpaired) electrons. The summed E-state index contributed by atoms with van der Waals surface area (Å²) in [4.78, 5) is 70.4. The monoisotopic (exact) mass is 778 g/mol. The van der Waals surface area contributed by atoms with Crippen LogP contribution >= 0.6 is 19.9 Å². The van der Waals surface area contributed by atoms with E-state index in [1.54, 1.807) is 7.05 Å². The van der Waals surface area contributed by atoms with Crippen molar-refractivity contribution in [2.45, 2.75) is 119 Å². The second-order valence-electron chi connectivity index (χ2n) is 14.9. The number of fused-ring (bicyclic) bond motifs is 1. The zero-order valence-corrected chi connectivity index (χ0v) is 33.6. The Bertz CT molecular complexity index is 1120. The van der Waals surface area contributed by atoms with Crippen LogP contribution in [0.2, 0.25) is 0 Å². The lowest BCUT2D eigenvalue weighted by Gasteiger charge is -2.24. The zero-order chi connectivity index (χ0) is 38.6. The SMILES string of the molecule is C=C[C@@H](O)C(CO[P+](O)(O)OCC[N+](C)(C)C)NC(=O)CCCCCCCCCCCNC(=O)CN(C)C(=O)CCCC[C@@H]1SC[C@H]2NC(=O)N[C@@H]12. The first kappa shape index (κ1) is 46.1. The minimum atomic E-state index is -4.09. The summed E-state index contributed by atoms with van der Waals surface area (Å²) in [5.74, 6) is 0.506. The summed E-state index contributed by atoms with van der Waals surface area (Å²) in [6, 6.07) is -0.574. The Labute approximate surface area is 315 Å². The summed E-state index contributed by atoms with van der Waals surface area (Å²) in [7, 11) is 3.41. The molecule has 1 unspecified atom stereocenters. The van der Waals surface area contributed by atoms with Crippen molar-refractivity contribution in [2.24, 2.45) is 0 Å². The molecule has 2 saturated heterocycles. The second kappa shape index (κ2) is 24.4. The molecule has 2 fully saturated rings. The van der Waals surface area contributed by atoms with E-state index in [4.69, 9.17) is 9.05 Å². The van der Waals surface area contributed by atoms with Crippen molar-refractivity contribution in [3.05, 3.63) is 12.7 Å². The van der Waals surface area contributed by atoms with Gasteiger partial charge in [-0.05, 0) is 25.7 Å². The van der Waals surface area contributed by atoms with Gasteiger partial charge >= 0.3 is 14.2 Å². The second-order valence-corrected chi connectivity index (χ2v) is 17.7. The fourth-order valence-electron chi connectivity index (χ4n) is 6.01. The van der Waals surface area contributed by atoms with Gasteiger partial charge in [-0.3, -0.25) is 14.4 Å². The van der Waals surface area contributed by atoms with E-state index >= 15 is 0 Å². The molecule has 15 nitrogen and oxygen atoms in total. The third-order valence-electron chi connectivity index (χ3n) is 9.22. The number of aliphatic hydroxyl groups excluding tert-OH is 1.